The van der Waals surface area contributed by atoms with Crippen molar-refractivity contribution in [1.82, 2.24) is 15.1 Å². The number of hydrogen-bond donors (Lipinski definition) is 1. The SMILES string of the molecule is CN(C)C(=O)CN=C(NC1CC1)N(C)CC1CC=CCC1.I. The Morgan fingerprint density at radius 1 is 1.23 bits per heavy atom. The normalized spacial score (nSPS) is 21.0. The van der Waals surface area contributed by atoms with Crippen molar-refractivity contribution in [2.75, 3.05) is 34.2 Å². The minimum absolute atomic E-state index is 0. The molecule has 22 heavy (non-hydrogen) atoms. The maximum absolute atomic E-state index is 11.7. The van der Waals surface area contributed by atoms with Crippen LogP contribution >= 0.6 is 24.0 Å². The predicted octanol–water partition coefficient (Wildman–Crippen LogP) is 2.09. The fourth-order valence-electron chi connectivity index (χ4n) is 2.47. The van der Waals surface area contributed by atoms with E-state index in [1.54, 1.807) is 19.0 Å². The van der Waals surface area contributed by atoms with Gasteiger partial charge in [-0.3, -0.25) is 4.79 Å². The Balaban J connectivity index is 0.00000242. The van der Waals surface area contributed by atoms with Crippen LogP contribution in [-0.4, -0.2) is 61.9 Å². The monoisotopic (exact) mass is 420 g/mol. The first-order valence-corrected chi connectivity index (χ1v) is 7.93. The molecule has 1 amide bonds. The van der Waals surface area contributed by atoms with Gasteiger partial charge in [0.2, 0.25) is 5.91 Å². The minimum atomic E-state index is 0. The van der Waals surface area contributed by atoms with Gasteiger partial charge in [0.05, 0.1) is 0 Å². The summed E-state index contributed by atoms with van der Waals surface area (Å²) in [6.07, 6.45) is 10.5. The highest BCUT2D eigenvalue weighted by Gasteiger charge is 2.25. The van der Waals surface area contributed by atoms with Crippen molar-refractivity contribution in [3.8, 4) is 0 Å². The van der Waals surface area contributed by atoms with Crippen LogP contribution < -0.4 is 5.32 Å². The molecule has 1 fully saturated rings. The number of nitrogens with zero attached hydrogens (tertiary/aromatic N) is 3. The molecule has 0 spiro atoms. The van der Waals surface area contributed by atoms with Crippen molar-refractivity contribution in [3.63, 3.8) is 0 Å². The Hall–Kier alpha value is -0.790. The molecule has 0 bridgehead atoms. The van der Waals surface area contributed by atoms with Gasteiger partial charge in [-0.2, -0.15) is 0 Å². The zero-order chi connectivity index (χ0) is 15.2. The molecule has 2 aliphatic rings. The van der Waals surface area contributed by atoms with E-state index in [1.807, 2.05) is 0 Å². The van der Waals surface area contributed by atoms with Gasteiger partial charge in [0, 0.05) is 33.7 Å². The van der Waals surface area contributed by atoms with Crippen molar-refractivity contribution in [3.05, 3.63) is 12.2 Å². The van der Waals surface area contributed by atoms with Gasteiger partial charge in [0.15, 0.2) is 5.96 Å². The van der Waals surface area contributed by atoms with Gasteiger partial charge < -0.3 is 15.1 Å². The van der Waals surface area contributed by atoms with E-state index < -0.39 is 0 Å². The summed E-state index contributed by atoms with van der Waals surface area (Å²) in [6.45, 7) is 1.22. The third-order valence-corrected chi connectivity index (χ3v) is 4.04. The number of rotatable bonds is 5. The molecule has 1 unspecified atom stereocenters. The first-order chi connectivity index (χ1) is 10.1. The number of likely N-dealkylation sites (N-methyl/N-ethyl adjacent to an activating group) is 1. The summed E-state index contributed by atoms with van der Waals surface area (Å²) in [5.74, 6) is 1.61. The van der Waals surface area contributed by atoms with E-state index in [-0.39, 0.29) is 36.4 Å². The molecule has 5 nitrogen and oxygen atoms in total. The zero-order valence-corrected chi connectivity index (χ0v) is 16.2. The number of hydrogen-bond acceptors (Lipinski definition) is 2. The Morgan fingerprint density at radius 2 is 1.95 bits per heavy atom. The molecule has 1 saturated carbocycles. The van der Waals surface area contributed by atoms with Gasteiger partial charge in [-0.15, -0.1) is 24.0 Å². The van der Waals surface area contributed by atoms with E-state index >= 15 is 0 Å². The molecule has 0 aromatic rings. The number of guanidine groups is 1. The quantitative estimate of drug-likeness (QED) is 0.321. The largest absolute Gasteiger partial charge is 0.354 e. The van der Waals surface area contributed by atoms with Crippen LogP contribution in [0.2, 0.25) is 0 Å². The third-order valence-electron chi connectivity index (χ3n) is 4.04. The molecule has 0 heterocycles. The van der Waals surface area contributed by atoms with Crippen LogP contribution in [0.3, 0.4) is 0 Å². The number of aliphatic imine (C=N–C) groups is 1. The minimum Gasteiger partial charge on any atom is -0.354 e. The smallest absolute Gasteiger partial charge is 0.243 e. The van der Waals surface area contributed by atoms with E-state index in [2.05, 4.69) is 34.4 Å². The van der Waals surface area contributed by atoms with Gasteiger partial charge in [-0.25, -0.2) is 4.99 Å². The van der Waals surface area contributed by atoms with E-state index in [1.165, 1.54) is 25.7 Å². The molecule has 6 heteroatoms. The average molecular weight is 420 g/mol. The highest BCUT2D eigenvalue weighted by molar-refractivity contribution is 14.0. The molecule has 0 radical (unpaired) electrons. The van der Waals surface area contributed by atoms with Crippen LogP contribution in [0.1, 0.15) is 32.1 Å². The molecule has 1 N–H and O–H groups in total. The standard InChI is InChI=1S/C16H28N4O.HI/c1-19(2)15(21)11-17-16(18-14-9-10-14)20(3)12-13-7-5-4-6-8-13;/h4-5,13-14H,6-12H2,1-3H3,(H,17,18);1H. The second-order valence-corrected chi connectivity index (χ2v) is 6.38. The molecule has 0 aromatic carbocycles. The lowest BCUT2D eigenvalue weighted by atomic mass is 9.94. The summed E-state index contributed by atoms with van der Waals surface area (Å²) in [5.41, 5.74) is 0. The molecule has 126 valence electrons. The number of carbonyl (C=O) groups excluding carboxylic acids is 1. The fourth-order valence-corrected chi connectivity index (χ4v) is 2.47. The number of carbonyl (C=O) groups is 1. The molecule has 0 aliphatic heterocycles. The molecule has 2 aliphatic carbocycles. The van der Waals surface area contributed by atoms with E-state index in [0.717, 1.165) is 18.9 Å². The van der Waals surface area contributed by atoms with Gasteiger partial charge in [-0.1, -0.05) is 12.2 Å². The number of nitrogens with one attached hydrogen (secondary N) is 1. The molecular weight excluding hydrogens is 391 g/mol. The fraction of sp³-hybridized carbons (Fsp3) is 0.750. The van der Waals surface area contributed by atoms with Crippen LogP contribution in [0.4, 0.5) is 0 Å². The summed E-state index contributed by atoms with van der Waals surface area (Å²) in [4.78, 5) is 20.0. The van der Waals surface area contributed by atoms with E-state index in [0.29, 0.717) is 12.0 Å². The van der Waals surface area contributed by atoms with Crippen molar-refractivity contribution in [2.24, 2.45) is 10.9 Å². The van der Waals surface area contributed by atoms with Crippen LogP contribution in [0, 0.1) is 5.92 Å². The van der Waals surface area contributed by atoms with Gasteiger partial charge in [0.1, 0.15) is 6.54 Å². The van der Waals surface area contributed by atoms with Gasteiger partial charge in [0.25, 0.3) is 0 Å². The van der Waals surface area contributed by atoms with Crippen molar-refractivity contribution in [1.29, 1.82) is 0 Å². The number of halogens is 1. The first-order valence-electron chi connectivity index (χ1n) is 7.93. The van der Waals surface area contributed by atoms with Crippen LogP contribution in [-0.2, 0) is 4.79 Å². The van der Waals surface area contributed by atoms with Crippen LogP contribution in [0.15, 0.2) is 17.1 Å². The lowest BCUT2D eigenvalue weighted by Crippen LogP contribution is -2.43. The van der Waals surface area contributed by atoms with Gasteiger partial charge >= 0.3 is 0 Å². The zero-order valence-electron chi connectivity index (χ0n) is 13.9. The maximum Gasteiger partial charge on any atom is 0.243 e. The summed E-state index contributed by atoms with van der Waals surface area (Å²) in [7, 11) is 5.61. The Bertz CT molecular complexity index is 418. The summed E-state index contributed by atoms with van der Waals surface area (Å²) in [6, 6.07) is 0.548. The molecule has 2 rings (SSSR count). The molecule has 0 saturated heterocycles. The second-order valence-electron chi connectivity index (χ2n) is 6.38. The van der Waals surface area contributed by atoms with E-state index in [9.17, 15) is 4.79 Å². The summed E-state index contributed by atoms with van der Waals surface area (Å²) >= 11 is 0. The highest BCUT2D eigenvalue weighted by atomic mass is 127. The van der Waals surface area contributed by atoms with Crippen LogP contribution in [0.25, 0.3) is 0 Å². The summed E-state index contributed by atoms with van der Waals surface area (Å²) < 4.78 is 0. The van der Waals surface area contributed by atoms with E-state index in [4.69, 9.17) is 0 Å². The number of allylic oxidation sites excluding steroid dienone is 2. The molecule has 1 atom stereocenters. The van der Waals surface area contributed by atoms with Crippen molar-refractivity contribution in [2.45, 2.75) is 38.1 Å². The molecular formula is C16H29IN4O. The topological polar surface area (TPSA) is 47.9 Å². The first kappa shape index (κ1) is 19.3. The Morgan fingerprint density at radius 3 is 2.50 bits per heavy atom. The van der Waals surface area contributed by atoms with Crippen LogP contribution in [0.5, 0.6) is 0 Å². The van der Waals surface area contributed by atoms with Gasteiger partial charge in [-0.05, 0) is 38.0 Å². The predicted molar refractivity (Wildman–Crippen MR) is 102 cm³/mol. The van der Waals surface area contributed by atoms with Crippen molar-refractivity contribution < 1.29 is 4.79 Å². The highest BCUT2D eigenvalue weighted by Crippen LogP contribution is 2.21. The van der Waals surface area contributed by atoms with Crippen molar-refractivity contribution >= 4 is 35.8 Å². The molecule has 0 aromatic heterocycles. The average Bonchev–Trinajstić information content (AvgIpc) is 3.27. The number of amides is 1. The second kappa shape index (κ2) is 9.37. The maximum atomic E-state index is 11.7. The third kappa shape index (κ3) is 6.54. The lowest BCUT2D eigenvalue weighted by Gasteiger charge is -2.28. The lowest BCUT2D eigenvalue weighted by molar-refractivity contribution is -0.127. The Kier molecular flexibility index (Phi) is 8.20. The summed E-state index contributed by atoms with van der Waals surface area (Å²) in [5, 5.41) is 3.46. The Labute approximate surface area is 151 Å².